The number of primary sulfonamides is 1. The Bertz CT molecular complexity index is 740. The van der Waals surface area contributed by atoms with Gasteiger partial charge in [0.15, 0.2) is 0 Å². The van der Waals surface area contributed by atoms with Gasteiger partial charge >= 0.3 is 0 Å². The van der Waals surface area contributed by atoms with Crippen molar-refractivity contribution in [2.24, 2.45) is 5.14 Å². The zero-order valence-electron chi connectivity index (χ0n) is 11.8. The maximum absolute atomic E-state index is 13.5. The summed E-state index contributed by atoms with van der Waals surface area (Å²) in [6, 6.07) is 7.77. The second-order valence-corrected chi connectivity index (χ2v) is 6.37. The van der Waals surface area contributed by atoms with Gasteiger partial charge in [0, 0.05) is 6.04 Å². The molecule has 1 aromatic carbocycles. The fraction of sp³-hybridized carbons (Fsp3) is 0.286. The van der Waals surface area contributed by atoms with E-state index >= 15 is 0 Å². The average molecular weight is 312 g/mol. The summed E-state index contributed by atoms with van der Waals surface area (Å²) in [5.41, 5.74) is 1.39. The molecule has 0 radical (unpaired) electrons. The van der Waals surface area contributed by atoms with E-state index in [1.54, 1.807) is 13.0 Å². The fourth-order valence-corrected chi connectivity index (χ4v) is 2.34. The number of nitrogens with one attached hydrogen (secondary N) is 1. The van der Waals surface area contributed by atoms with E-state index < -0.39 is 10.0 Å². The van der Waals surface area contributed by atoms with Gasteiger partial charge in [-0.1, -0.05) is 12.1 Å². The standard InChI is InChI=1S/C14H17FN2O3S/c1-9-3-4-11(7-13(9)15)10(2)17-8-12-5-6-14(20-12)21(16,18)19/h3-7,10,17H,8H2,1-2H3,(H2,16,18,19). The van der Waals surface area contributed by atoms with Crippen LogP contribution in [0, 0.1) is 12.7 Å². The zero-order chi connectivity index (χ0) is 15.6. The van der Waals surface area contributed by atoms with E-state index in [4.69, 9.17) is 9.56 Å². The summed E-state index contributed by atoms with van der Waals surface area (Å²) in [7, 11) is -3.83. The molecule has 0 aliphatic heterocycles. The molecular weight excluding hydrogens is 295 g/mol. The molecule has 1 heterocycles. The lowest BCUT2D eigenvalue weighted by molar-refractivity contribution is 0.393. The normalized spacial score (nSPS) is 13.3. The van der Waals surface area contributed by atoms with E-state index in [9.17, 15) is 12.8 Å². The SMILES string of the molecule is Cc1ccc(C(C)NCc2ccc(S(N)(=O)=O)o2)cc1F. The summed E-state index contributed by atoms with van der Waals surface area (Å²) in [4.78, 5) is 0. The number of sulfonamides is 1. The maximum Gasteiger partial charge on any atom is 0.271 e. The van der Waals surface area contributed by atoms with E-state index in [0.717, 1.165) is 5.56 Å². The van der Waals surface area contributed by atoms with E-state index in [-0.39, 0.29) is 17.0 Å². The number of aryl methyl sites for hydroxylation is 1. The van der Waals surface area contributed by atoms with Crippen LogP contribution >= 0.6 is 0 Å². The van der Waals surface area contributed by atoms with Crippen LogP contribution in [0.2, 0.25) is 0 Å². The maximum atomic E-state index is 13.5. The Morgan fingerprint density at radius 3 is 2.62 bits per heavy atom. The van der Waals surface area contributed by atoms with Crippen LogP contribution in [0.5, 0.6) is 0 Å². The first-order chi connectivity index (χ1) is 9.77. The fourth-order valence-electron chi connectivity index (χ4n) is 1.86. The number of hydrogen-bond acceptors (Lipinski definition) is 4. The largest absolute Gasteiger partial charge is 0.447 e. The van der Waals surface area contributed by atoms with Crippen LogP contribution in [0.3, 0.4) is 0 Å². The Morgan fingerprint density at radius 1 is 1.33 bits per heavy atom. The number of rotatable bonds is 5. The summed E-state index contributed by atoms with van der Waals surface area (Å²) in [6.45, 7) is 3.90. The van der Waals surface area contributed by atoms with Crippen LogP contribution in [-0.4, -0.2) is 8.42 Å². The van der Waals surface area contributed by atoms with Crippen molar-refractivity contribution in [1.29, 1.82) is 0 Å². The monoisotopic (exact) mass is 312 g/mol. The van der Waals surface area contributed by atoms with Gasteiger partial charge in [0.25, 0.3) is 10.0 Å². The van der Waals surface area contributed by atoms with Crippen molar-refractivity contribution in [2.75, 3.05) is 0 Å². The molecule has 1 aromatic heterocycles. The number of furan rings is 1. The first-order valence-corrected chi connectivity index (χ1v) is 7.93. The molecule has 3 N–H and O–H groups in total. The van der Waals surface area contributed by atoms with Crippen molar-refractivity contribution in [3.63, 3.8) is 0 Å². The summed E-state index contributed by atoms with van der Waals surface area (Å²) in [6.07, 6.45) is 0. The number of nitrogens with two attached hydrogens (primary N) is 1. The van der Waals surface area contributed by atoms with Crippen LogP contribution in [0.1, 0.15) is 29.9 Å². The first-order valence-electron chi connectivity index (χ1n) is 6.38. The van der Waals surface area contributed by atoms with E-state index in [1.807, 2.05) is 13.0 Å². The minimum Gasteiger partial charge on any atom is -0.447 e. The van der Waals surface area contributed by atoms with E-state index in [1.165, 1.54) is 18.2 Å². The molecule has 5 nitrogen and oxygen atoms in total. The highest BCUT2D eigenvalue weighted by molar-refractivity contribution is 7.89. The molecule has 7 heteroatoms. The molecule has 0 spiro atoms. The Labute approximate surface area is 123 Å². The van der Waals surface area contributed by atoms with Crippen molar-refractivity contribution < 1.29 is 17.2 Å². The quantitative estimate of drug-likeness (QED) is 0.886. The van der Waals surface area contributed by atoms with Crippen molar-refractivity contribution in [3.05, 3.63) is 53.0 Å². The van der Waals surface area contributed by atoms with Gasteiger partial charge in [-0.25, -0.2) is 17.9 Å². The van der Waals surface area contributed by atoms with Gasteiger partial charge < -0.3 is 9.73 Å². The van der Waals surface area contributed by atoms with Crippen LogP contribution in [0.4, 0.5) is 4.39 Å². The molecule has 0 amide bonds. The van der Waals surface area contributed by atoms with E-state index in [0.29, 0.717) is 17.9 Å². The van der Waals surface area contributed by atoms with Gasteiger partial charge in [-0.2, -0.15) is 0 Å². The van der Waals surface area contributed by atoms with Crippen LogP contribution in [0.25, 0.3) is 0 Å². The Balaban J connectivity index is 2.02. The summed E-state index contributed by atoms with van der Waals surface area (Å²) >= 11 is 0. The molecule has 1 unspecified atom stereocenters. The molecule has 0 saturated heterocycles. The molecule has 1 atom stereocenters. The van der Waals surface area contributed by atoms with Gasteiger partial charge in [-0.3, -0.25) is 0 Å². The predicted octanol–water partition coefficient (Wildman–Crippen LogP) is 2.23. The van der Waals surface area contributed by atoms with Gasteiger partial charge in [0.1, 0.15) is 11.6 Å². The highest BCUT2D eigenvalue weighted by atomic mass is 32.2. The number of halogens is 1. The van der Waals surface area contributed by atoms with Crippen molar-refractivity contribution in [1.82, 2.24) is 5.32 Å². The molecule has 0 bridgehead atoms. The molecular formula is C14H17FN2O3S. The lowest BCUT2D eigenvalue weighted by Crippen LogP contribution is -2.18. The van der Waals surface area contributed by atoms with Crippen LogP contribution < -0.4 is 10.5 Å². The molecule has 2 aromatic rings. The summed E-state index contributed by atoms with van der Waals surface area (Å²) in [5.74, 6) is 0.189. The highest BCUT2D eigenvalue weighted by Crippen LogP contribution is 2.18. The smallest absolute Gasteiger partial charge is 0.271 e. The van der Waals surface area contributed by atoms with E-state index in [2.05, 4.69) is 5.32 Å². The lowest BCUT2D eigenvalue weighted by atomic mass is 10.1. The second-order valence-electron chi connectivity index (χ2n) is 4.88. The minimum absolute atomic E-state index is 0.108. The molecule has 0 fully saturated rings. The van der Waals surface area contributed by atoms with Crippen LogP contribution in [-0.2, 0) is 16.6 Å². The summed E-state index contributed by atoms with van der Waals surface area (Å²) in [5, 5.41) is 7.82. The van der Waals surface area contributed by atoms with Crippen molar-refractivity contribution >= 4 is 10.0 Å². The Morgan fingerprint density at radius 2 is 2.05 bits per heavy atom. The predicted molar refractivity (Wildman–Crippen MR) is 76.5 cm³/mol. The van der Waals surface area contributed by atoms with Crippen LogP contribution in [0.15, 0.2) is 39.8 Å². The third-order valence-electron chi connectivity index (χ3n) is 3.20. The molecule has 2 rings (SSSR count). The third kappa shape index (κ3) is 3.90. The number of benzene rings is 1. The van der Waals surface area contributed by atoms with Crippen molar-refractivity contribution in [3.8, 4) is 0 Å². The van der Waals surface area contributed by atoms with Gasteiger partial charge in [0.05, 0.1) is 6.54 Å². The first kappa shape index (κ1) is 15.7. The number of hydrogen-bond donors (Lipinski definition) is 2. The van der Waals surface area contributed by atoms with Crippen molar-refractivity contribution in [2.45, 2.75) is 31.5 Å². The molecule has 0 aliphatic rings. The Kier molecular flexibility index (Phi) is 4.46. The minimum atomic E-state index is -3.83. The molecule has 114 valence electrons. The molecule has 21 heavy (non-hydrogen) atoms. The summed E-state index contributed by atoms with van der Waals surface area (Å²) < 4.78 is 40.8. The third-order valence-corrected chi connectivity index (χ3v) is 3.98. The lowest BCUT2D eigenvalue weighted by Gasteiger charge is -2.14. The van der Waals surface area contributed by atoms with Gasteiger partial charge in [-0.15, -0.1) is 0 Å². The molecule has 0 aliphatic carbocycles. The zero-order valence-corrected chi connectivity index (χ0v) is 12.6. The highest BCUT2D eigenvalue weighted by Gasteiger charge is 2.14. The Hall–Kier alpha value is -1.70. The second kappa shape index (κ2) is 5.97. The average Bonchev–Trinajstić information content (AvgIpc) is 2.88. The topological polar surface area (TPSA) is 85.3 Å². The van der Waals surface area contributed by atoms with Gasteiger partial charge in [0.2, 0.25) is 5.09 Å². The molecule has 0 saturated carbocycles. The van der Waals surface area contributed by atoms with Gasteiger partial charge in [-0.05, 0) is 43.2 Å².